The van der Waals surface area contributed by atoms with Gasteiger partial charge < -0.3 is 9.67 Å². The molecule has 0 fully saturated rings. The summed E-state index contributed by atoms with van der Waals surface area (Å²) in [4.78, 5) is 15.5. The van der Waals surface area contributed by atoms with Crippen LogP contribution in [0.1, 0.15) is 13.8 Å². The Labute approximate surface area is 106 Å². The summed E-state index contributed by atoms with van der Waals surface area (Å²) in [5.41, 5.74) is 0.174. The number of nitrogens with zero attached hydrogens (tertiary/aromatic N) is 2. The van der Waals surface area contributed by atoms with Crippen LogP contribution in [0.3, 0.4) is 0 Å². The van der Waals surface area contributed by atoms with E-state index in [4.69, 9.17) is 5.11 Å². The van der Waals surface area contributed by atoms with Crippen molar-refractivity contribution in [1.82, 2.24) is 9.55 Å². The van der Waals surface area contributed by atoms with Gasteiger partial charge in [-0.2, -0.15) is 0 Å². The van der Waals surface area contributed by atoms with E-state index in [0.29, 0.717) is 6.54 Å². The van der Waals surface area contributed by atoms with E-state index in [9.17, 15) is 4.79 Å². The van der Waals surface area contributed by atoms with Crippen molar-refractivity contribution < 1.29 is 9.90 Å². The Morgan fingerprint density at radius 3 is 2.61 bits per heavy atom. The van der Waals surface area contributed by atoms with Crippen LogP contribution in [-0.4, -0.2) is 20.6 Å². The number of carboxylic acids is 1. The lowest BCUT2D eigenvalue weighted by Crippen LogP contribution is -2.29. The fourth-order valence-corrected chi connectivity index (χ4v) is 1.78. The molecule has 94 valence electrons. The van der Waals surface area contributed by atoms with Gasteiger partial charge in [-0.1, -0.05) is 30.3 Å². The van der Waals surface area contributed by atoms with Crippen LogP contribution in [0.4, 0.5) is 0 Å². The van der Waals surface area contributed by atoms with Crippen molar-refractivity contribution in [3.8, 4) is 11.4 Å². The third-order valence-electron chi connectivity index (χ3n) is 2.89. The highest BCUT2D eigenvalue weighted by Gasteiger charge is 2.28. The second-order valence-electron chi connectivity index (χ2n) is 4.93. The summed E-state index contributed by atoms with van der Waals surface area (Å²) in [6.45, 7) is 3.82. The topological polar surface area (TPSA) is 55.1 Å². The Morgan fingerprint density at radius 1 is 1.33 bits per heavy atom. The minimum Gasteiger partial charge on any atom is -0.481 e. The number of aromatic nitrogens is 2. The molecule has 0 saturated heterocycles. The van der Waals surface area contributed by atoms with Gasteiger partial charge in [-0.3, -0.25) is 4.79 Å². The molecule has 4 nitrogen and oxygen atoms in total. The van der Waals surface area contributed by atoms with Gasteiger partial charge in [0, 0.05) is 24.5 Å². The molecule has 1 aromatic carbocycles. The summed E-state index contributed by atoms with van der Waals surface area (Å²) in [5, 5.41) is 9.17. The second kappa shape index (κ2) is 4.64. The van der Waals surface area contributed by atoms with E-state index >= 15 is 0 Å². The van der Waals surface area contributed by atoms with Crippen molar-refractivity contribution in [3.63, 3.8) is 0 Å². The van der Waals surface area contributed by atoms with Crippen molar-refractivity contribution in [2.24, 2.45) is 5.41 Å². The smallest absolute Gasteiger partial charge is 0.310 e. The van der Waals surface area contributed by atoms with E-state index in [1.165, 1.54) is 0 Å². The van der Waals surface area contributed by atoms with Gasteiger partial charge in [0.05, 0.1) is 5.41 Å². The standard InChI is InChI=1S/C14H16N2O2/c1-14(2,13(17)18)10-16-9-8-15-12(16)11-6-4-3-5-7-11/h3-9H,10H2,1-2H3,(H,17,18). The number of hydrogen-bond acceptors (Lipinski definition) is 2. The monoisotopic (exact) mass is 244 g/mol. The van der Waals surface area contributed by atoms with Crippen molar-refractivity contribution in [1.29, 1.82) is 0 Å². The van der Waals surface area contributed by atoms with Gasteiger partial charge in [0.15, 0.2) is 0 Å². The van der Waals surface area contributed by atoms with Crippen LogP contribution in [0.2, 0.25) is 0 Å². The number of carbonyl (C=O) groups is 1. The van der Waals surface area contributed by atoms with Crippen LogP contribution >= 0.6 is 0 Å². The van der Waals surface area contributed by atoms with E-state index in [-0.39, 0.29) is 0 Å². The third kappa shape index (κ3) is 2.42. The maximum absolute atomic E-state index is 11.2. The maximum atomic E-state index is 11.2. The van der Waals surface area contributed by atoms with Crippen LogP contribution in [-0.2, 0) is 11.3 Å². The molecule has 18 heavy (non-hydrogen) atoms. The van der Waals surface area contributed by atoms with Crippen LogP contribution < -0.4 is 0 Å². The molecule has 1 N–H and O–H groups in total. The predicted molar refractivity (Wildman–Crippen MR) is 69.1 cm³/mol. The van der Waals surface area contributed by atoms with Crippen molar-refractivity contribution >= 4 is 5.97 Å². The quantitative estimate of drug-likeness (QED) is 0.899. The SMILES string of the molecule is CC(C)(Cn1ccnc1-c1ccccc1)C(=O)O. The first-order valence-corrected chi connectivity index (χ1v) is 5.81. The molecule has 0 aliphatic heterocycles. The molecule has 1 aromatic heterocycles. The zero-order valence-electron chi connectivity index (χ0n) is 10.5. The molecule has 0 atom stereocenters. The second-order valence-corrected chi connectivity index (χ2v) is 4.93. The Balaban J connectivity index is 2.32. The number of rotatable bonds is 4. The average Bonchev–Trinajstić information content (AvgIpc) is 2.77. The summed E-state index contributed by atoms with van der Waals surface area (Å²) in [5.74, 6) is -0.0138. The minimum absolute atomic E-state index is 0.395. The fourth-order valence-electron chi connectivity index (χ4n) is 1.78. The lowest BCUT2D eigenvalue weighted by molar-refractivity contribution is -0.147. The average molecular weight is 244 g/mol. The molecule has 0 bridgehead atoms. The first-order valence-electron chi connectivity index (χ1n) is 5.81. The largest absolute Gasteiger partial charge is 0.481 e. The Bertz CT molecular complexity index is 544. The molecular formula is C14H16N2O2. The molecule has 0 aliphatic carbocycles. The van der Waals surface area contributed by atoms with Gasteiger partial charge in [0.2, 0.25) is 0 Å². The lowest BCUT2D eigenvalue weighted by Gasteiger charge is -2.20. The zero-order chi connectivity index (χ0) is 13.2. The molecule has 0 aliphatic rings. The number of imidazole rings is 1. The number of hydrogen-bond donors (Lipinski definition) is 1. The number of benzene rings is 1. The summed E-state index contributed by atoms with van der Waals surface area (Å²) in [6.07, 6.45) is 3.51. The first kappa shape index (κ1) is 12.4. The number of carboxylic acid groups (broad SMARTS) is 1. The van der Waals surface area contributed by atoms with Crippen LogP contribution in [0.15, 0.2) is 42.7 Å². The van der Waals surface area contributed by atoms with Crippen LogP contribution in [0.25, 0.3) is 11.4 Å². The Kier molecular flexibility index (Phi) is 3.19. The molecule has 2 rings (SSSR count). The molecule has 0 saturated carbocycles. The molecule has 0 amide bonds. The molecule has 0 radical (unpaired) electrons. The van der Waals surface area contributed by atoms with E-state index in [2.05, 4.69) is 4.98 Å². The van der Waals surface area contributed by atoms with Gasteiger partial charge in [-0.05, 0) is 13.8 Å². The first-order chi connectivity index (χ1) is 8.50. The van der Waals surface area contributed by atoms with E-state index < -0.39 is 11.4 Å². The molecule has 4 heteroatoms. The predicted octanol–water partition coefficient (Wildman–Crippen LogP) is 2.66. The molecule has 0 unspecified atom stereocenters. The normalized spacial score (nSPS) is 11.4. The maximum Gasteiger partial charge on any atom is 0.310 e. The lowest BCUT2D eigenvalue weighted by atomic mass is 9.93. The van der Waals surface area contributed by atoms with Crippen LogP contribution in [0.5, 0.6) is 0 Å². The highest BCUT2D eigenvalue weighted by molar-refractivity contribution is 5.73. The summed E-state index contributed by atoms with van der Waals surface area (Å²) >= 11 is 0. The molecule has 1 heterocycles. The van der Waals surface area contributed by atoms with E-state index in [1.54, 1.807) is 20.0 Å². The van der Waals surface area contributed by atoms with Crippen molar-refractivity contribution in [3.05, 3.63) is 42.7 Å². The number of aliphatic carboxylic acids is 1. The molecule has 2 aromatic rings. The van der Waals surface area contributed by atoms with Gasteiger partial charge in [-0.25, -0.2) is 4.98 Å². The van der Waals surface area contributed by atoms with Crippen LogP contribution in [0, 0.1) is 5.41 Å². The van der Waals surface area contributed by atoms with E-state index in [0.717, 1.165) is 11.4 Å². The highest BCUT2D eigenvalue weighted by Crippen LogP contribution is 2.23. The van der Waals surface area contributed by atoms with Gasteiger partial charge in [-0.15, -0.1) is 0 Å². The summed E-state index contributed by atoms with van der Waals surface area (Å²) in [6, 6.07) is 9.75. The van der Waals surface area contributed by atoms with Gasteiger partial charge in [0.1, 0.15) is 5.82 Å². The Hall–Kier alpha value is -2.10. The highest BCUT2D eigenvalue weighted by atomic mass is 16.4. The van der Waals surface area contributed by atoms with Crippen molar-refractivity contribution in [2.75, 3.05) is 0 Å². The van der Waals surface area contributed by atoms with Gasteiger partial charge in [0.25, 0.3) is 0 Å². The summed E-state index contributed by atoms with van der Waals surface area (Å²) < 4.78 is 1.88. The minimum atomic E-state index is -0.815. The van der Waals surface area contributed by atoms with Crippen molar-refractivity contribution in [2.45, 2.75) is 20.4 Å². The fraction of sp³-hybridized carbons (Fsp3) is 0.286. The molecular weight excluding hydrogens is 228 g/mol. The van der Waals surface area contributed by atoms with E-state index in [1.807, 2.05) is 41.1 Å². The Morgan fingerprint density at radius 2 is 2.00 bits per heavy atom. The zero-order valence-corrected chi connectivity index (χ0v) is 10.5. The molecule has 0 spiro atoms. The summed E-state index contributed by atoms with van der Waals surface area (Å²) in [7, 11) is 0. The third-order valence-corrected chi connectivity index (χ3v) is 2.89. The van der Waals surface area contributed by atoms with Gasteiger partial charge >= 0.3 is 5.97 Å².